The molecule has 0 spiro atoms. The Bertz CT molecular complexity index is 457. The van der Waals surface area contributed by atoms with Crippen molar-refractivity contribution < 1.29 is 18.0 Å². The fourth-order valence-corrected chi connectivity index (χ4v) is 2.35. The van der Waals surface area contributed by atoms with Gasteiger partial charge in [0.1, 0.15) is 0 Å². The standard InChI is InChI=1S/C11H15F3N4O/c12-11(13,14)7-3-1-2-6(4-7)10(19)17-9-8(15)5-16-18-9/h5-7H,1-4,15H2,(H2,16,17,18,19). The number of anilines is 2. The van der Waals surface area contributed by atoms with Crippen LogP contribution in [0.25, 0.3) is 0 Å². The van der Waals surface area contributed by atoms with Crippen LogP contribution < -0.4 is 11.1 Å². The number of nitrogens with zero attached hydrogens (tertiary/aromatic N) is 1. The summed E-state index contributed by atoms with van der Waals surface area (Å²) < 4.78 is 38.0. The van der Waals surface area contributed by atoms with E-state index in [0.29, 0.717) is 12.8 Å². The summed E-state index contributed by atoms with van der Waals surface area (Å²) in [6, 6.07) is 0. The molecular weight excluding hydrogens is 261 g/mol. The number of alkyl halides is 3. The Kier molecular flexibility index (Phi) is 3.68. The number of rotatable bonds is 2. The number of nitrogens with one attached hydrogen (secondary N) is 2. The average molecular weight is 276 g/mol. The van der Waals surface area contributed by atoms with Gasteiger partial charge in [-0.25, -0.2) is 0 Å². The van der Waals surface area contributed by atoms with Gasteiger partial charge in [0.15, 0.2) is 5.82 Å². The van der Waals surface area contributed by atoms with E-state index >= 15 is 0 Å². The van der Waals surface area contributed by atoms with Crippen LogP contribution in [-0.2, 0) is 4.79 Å². The van der Waals surface area contributed by atoms with Gasteiger partial charge in [-0.15, -0.1) is 0 Å². The third kappa shape index (κ3) is 3.18. The molecule has 0 bridgehead atoms. The second-order valence-corrected chi connectivity index (χ2v) is 4.79. The molecule has 19 heavy (non-hydrogen) atoms. The third-order valence-electron chi connectivity index (χ3n) is 3.42. The topological polar surface area (TPSA) is 83.8 Å². The molecule has 2 unspecified atom stereocenters. The summed E-state index contributed by atoms with van der Waals surface area (Å²) in [7, 11) is 0. The summed E-state index contributed by atoms with van der Waals surface area (Å²) in [4.78, 5) is 11.9. The smallest absolute Gasteiger partial charge is 0.391 e. The summed E-state index contributed by atoms with van der Waals surface area (Å²) in [6.07, 6.45) is -2.10. The Balaban J connectivity index is 1.98. The van der Waals surface area contributed by atoms with E-state index in [0.717, 1.165) is 0 Å². The van der Waals surface area contributed by atoms with E-state index in [9.17, 15) is 18.0 Å². The van der Waals surface area contributed by atoms with Crippen LogP contribution in [0.1, 0.15) is 25.7 Å². The van der Waals surface area contributed by atoms with E-state index in [4.69, 9.17) is 5.73 Å². The van der Waals surface area contributed by atoms with Gasteiger partial charge in [0.05, 0.1) is 17.8 Å². The highest BCUT2D eigenvalue weighted by Crippen LogP contribution is 2.40. The van der Waals surface area contributed by atoms with Crippen molar-refractivity contribution in [3.8, 4) is 0 Å². The minimum absolute atomic E-state index is 0.0967. The van der Waals surface area contributed by atoms with Crippen molar-refractivity contribution in [2.45, 2.75) is 31.9 Å². The Morgan fingerprint density at radius 3 is 2.79 bits per heavy atom. The maximum absolute atomic E-state index is 12.7. The van der Waals surface area contributed by atoms with Crippen LogP contribution in [0.4, 0.5) is 24.7 Å². The Labute approximate surface area is 107 Å². The highest BCUT2D eigenvalue weighted by molar-refractivity contribution is 5.94. The molecule has 2 rings (SSSR count). The van der Waals surface area contributed by atoms with Crippen molar-refractivity contribution in [2.24, 2.45) is 11.8 Å². The number of H-pyrrole nitrogens is 1. The first kappa shape index (κ1) is 13.7. The molecule has 1 saturated carbocycles. The van der Waals surface area contributed by atoms with Crippen LogP contribution in [0.3, 0.4) is 0 Å². The van der Waals surface area contributed by atoms with Crippen LogP contribution in [0.5, 0.6) is 0 Å². The monoisotopic (exact) mass is 276 g/mol. The van der Waals surface area contributed by atoms with Crippen molar-refractivity contribution in [1.29, 1.82) is 0 Å². The number of aromatic nitrogens is 2. The molecule has 106 valence electrons. The summed E-state index contributed by atoms with van der Waals surface area (Å²) in [5.74, 6) is -2.23. The van der Waals surface area contributed by atoms with E-state index < -0.39 is 23.9 Å². The molecule has 2 atom stereocenters. The van der Waals surface area contributed by atoms with Crippen molar-refractivity contribution in [3.05, 3.63) is 6.20 Å². The fraction of sp³-hybridized carbons (Fsp3) is 0.636. The number of hydrogen-bond donors (Lipinski definition) is 3. The normalized spacial score (nSPS) is 24.2. The number of nitrogens with two attached hydrogens (primary N) is 1. The first-order valence-corrected chi connectivity index (χ1v) is 6.04. The Hall–Kier alpha value is -1.73. The number of carbonyl (C=O) groups excluding carboxylic acids is 1. The quantitative estimate of drug-likeness (QED) is 0.775. The van der Waals surface area contributed by atoms with Crippen molar-refractivity contribution in [1.82, 2.24) is 10.2 Å². The summed E-state index contributed by atoms with van der Waals surface area (Å²) in [5, 5.41) is 8.60. The van der Waals surface area contributed by atoms with Crippen LogP contribution >= 0.6 is 0 Å². The van der Waals surface area contributed by atoms with Crippen molar-refractivity contribution in [3.63, 3.8) is 0 Å². The van der Waals surface area contributed by atoms with Gasteiger partial charge in [-0.2, -0.15) is 18.3 Å². The van der Waals surface area contributed by atoms with Gasteiger partial charge >= 0.3 is 6.18 Å². The van der Waals surface area contributed by atoms with Crippen LogP contribution in [0.15, 0.2) is 6.20 Å². The van der Waals surface area contributed by atoms with E-state index in [-0.39, 0.29) is 24.3 Å². The van der Waals surface area contributed by atoms with Gasteiger partial charge in [-0.05, 0) is 19.3 Å². The molecule has 1 aromatic rings. The first-order valence-electron chi connectivity index (χ1n) is 6.04. The molecule has 8 heteroatoms. The number of hydrogen-bond acceptors (Lipinski definition) is 3. The molecule has 1 aliphatic carbocycles. The number of amides is 1. The van der Waals surface area contributed by atoms with Gasteiger partial charge in [0.2, 0.25) is 5.91 Å². The first-order chi connectivity index (χ1) is 8.88. The maximum Gasteiger partial charge on any atom is 0.391 e. The number of nitrogen functional groups attached to an aromatic ring is 1. The van der Waals surface area contributed by atoms with E-state index in [2.05, 4.69) is 15.5 Å². The molecule has 0 radical (unpaired) electrons. The molecule has 1 aliphatic rings. The molecule has 1 aromatic heterocycles. The molecule has 0 aliphatic heterocycles. The zero-order valence-corrected chi connectivity index (χ0v) is 10.1. The van der Waals surface area contributed by atoms with Gasteiger partial charge in [-0.1, -0.05) is 6.42 Å². The van der Waals surface area contributed by atoms with Gasteiger partial charge in [-0.3, -0.25) is 9.89 Å². The minimum atomic E-state index is -4.23. The Morgan fingerprint density at radius 2 is 2.21 bits per heavy atom. The van der Waals surface area contributed by atoms with Crippen LogP contribution in [-0.4, -0.2) is 22.3 Å². The lowest BCUT2D eigenvalue weighted by Crippen LogP contribution is -2.34. The highest BCUT2D eigenvalue weighted by Gasteiger charge is 2.43. The Morgan fingerprint density at radius 1 is 1.47 bits per heavy atom. The zero-order valence-electron chi connectivity index (χ0n) is 10.1. The minimum Gasteiger partial charge on any atom is -0.394 e. The third-order valence-corrected chi connectivity index (χ3v) is 3.42. The van der Waals surface area contributed by atoms with Gasteiger partial charge < -0.3 is 11.1 Å². The lowest BCUT2D eigenvalue weighted by molar-refractivity contribution is -0.185. The number of aromatic amines is 1. The molecule has 0 saturated heterocycles. The lowest BCUT2D eigenvalue weighted by Gasteiger charge is -2.29. The van der Waals surface area contributed by atoms with E-state index in [1.165, 1.54) is 6.20 Å². The molecule has 1 amide bonds. The molecule has 1 heterocycles. The zero-order chi connectivity index (χ0) is 14.0. The highest BCUT2D eigenvalue weighted by atomic mass is 19.4. The van der Waals surface area contributed by atoms with Crippen molar-refractivity contribution in [2.75, 3.05) is 11.1 Å². The second-order valence-electron chi connectivity index (χ2n) is 4.79. The van der Waals surface area contributed by atoms with Crippen LogP contribution in [0.2, 0.25) is 0 Å². The fourth-order valence-electron chi connectivity index (χ4n) is 2.35. The summed E-state index contributed by atoms with van der Waals surface area (Å²) in [5.41, 5.74) is 5.79. The molecule has 5 nitrogen and oxygen atoms in total. The van der Waals surface area contributed by atoms with Gasteiger partial charge in [0, 0.05) is 5.92 Å². The summed E-state index contributed by atoms with van der Waals surface area (Å²) >= 11 is 0. The second kappa shape index (κ2) is 5.10. The molecular formula is C11H15F3N4O. The largest absolute Gasteiger partial charge is 0.394 e. The maximum atomic E-state index is 12.7. The van der Waals surface area contributed by atoms with E-state index in [1.807, 2.05) is 0 Å². The molecule has 0 aromatic carbocycles. The number of halogens is 3. The van der Waals surface area contributed by atoms with E-state index in [1.54, 1.807) is 0 Å². The lowest BCUT2D eigenvalue weighted by atomic mass is 9.80. The summed E-state index contributed by atoms with van der Waals surface area (Å²) in [6.45, 7) is 0. The van der Waals surface area contributed by atoms with Crippen molar-refractivity contribution >= 4 is 17.4 Å². The predicted molar refractivity (Wildman–Crippen MR) is 63.1 cm³/mol. The predicted octanol–water partition coefficient (Wildman–Crippen LogP) is 2.30. The average Bonchev–Trinajstić information content (AvgIpc) is 2.74. The molecule has 1 fully saturated rings. The van der Waals surface area contributed by atoms with Crippen LogP contribution in [0, 0.1) is 11.8 Å². The SMILES string of the molecule is Nc1cn[nH]c1NC(=O)C1CCCC(C(F)(F)F)C1. The molecule has 4 N–H and O–H groups in total. The number of carbonyl (C=O) groups is 1. The van der Waals surface area contributed by atoms with Gasteiger partial charge in [0.25, 0.3) is 0 Å².